The van der Waals surface area contributed by atoms with E-state index in [1.54, 1.807) is 0 Å². The summed E-state index contributed by atoms with van der Waals surface area (Å²) in [5, 5.41) is 3.30. The van der Waals surface area contributed by atoms with Crippen LogP contribution in [0.25, 0.3) is 0 Å². The number of nitrogens with zero attached hydrogens (tertiary/aromatic N) is 3. The summed E-state index contributed by atoms with van der Waals surface area (Å²) in [6.07, 6.45) is 1.89. The van der Waals surface area contributed by atoms with Gasteiger partial charge in [-0.05, 0) is 39.0 Å². The highest BCUT2D eigenvalue weighted by molar-refractivity contribution is 5.85. The van der Waals surface area contributed by atoms with Crippen molar-refractivity contribution in [3.63, 3.8) is 0 Å². The molecule has 2 amide bonds. The van der Waals surface area contributed by atoms with Crippen LogP contribution in [0, 0.1) is 5.92 Å². The first-order valence-electron chi connectivity index (χ1n) is 8.65. The number of piperazine rings is 1. The molecular weight excluding hydrogens is 316 g/mol. The van der Waals surface area contributed by atoms with Crippen molar-refractivity contribution in [1.29, 1.82) is 0 Å². The zero-order valence-corrected chi connectivity index (χ0v) is 15.2. The van der Waals surface area contributed by atoms with E-state index in [1.807, 2.05) is 9.80 Å². The van der Waals surface area contributed by atoms with Crippen molar-refractivity contribution in [2.45, 2.75) is 26.7 Å². The van der Waals surface area contributed by atoms with Gasteiger partial charge in [0, 0.05) is 32.1 Å². The third kappa shape index (κ3) is 5.62. The van der Waals surface area contributed by atoms with Crippen LogP contribution in [0.4, 0.5) is 0 Å². The van der Waals surface area contributed by atoms with Gasteiger partial charge in [0.1, 0.15) is 0 Å². The molecule has 1 N–H and O–H groups in total. The molecule has 0 aromatic carbocycles. The molecule has 0 unspecified atom stereocenters. The Balaban J connectivity index is 0.00000264. The van der Waals surface area contributed by atoms with Gasteiger partial charge < -0.3 is 15.1 Å². The van der Waals surface area contributed by atoms with Crippen LogP contribution in [-0.2, 0) is 9.59 Å². The molecule has 0 aromatic rings. The van der Waals surface area contributed by atoms with Crippen LogP contribution < -0.4 is 5.32 Å². The van der Waals surface area contributed by atoms with Crippen LogP contribution in [0.1, 0.15) is 26.7 Å². The lowest BCUT2D eigenvalue weighted by atomic mass is 9.96. The zero-order chi connectivity index (χ0) is 15.9. The number of likely N-dealkylation sites (N-methyl/N-ethyl adjacent to an activating group) is 1. The third-order valence-electron chi connectivity index (χ3n) is 4.89. The number of halogens is 1. The van der Waals surface area contributed by atoms with Crippen molar-refractivity contribution in [2.75, 3.05) is 58.9 Å². The molecule has 0 spiro atoms. The predicted molar refractivity (Wildman–Crippen MR) is 93.8 cm³/mol. The molecule has 2 heterocycles. The number of carbonyl (C=O) groups excluding carboxylic acids is 2. The second-order valence-corrected chi connectivity index (χ2v) is 6.19. The van der Waals surface area contributed by atoms with Crippen molar-refractivity contribution in [2.24, 2.45) is 5.92 Å². The van der Waals surface area contributed by atoms with Crippen molar-refractivity contribution >= 4 is 24.2 Å². The van der Waals surface area contributed by atoms with Crippen molar-refractivity contribution in [1.82, 2.24) is 20.0 Å². The second kappa shape index (κ2) is 10.1. The second-order valence-electron chi connectivity index (χ2n) is 6.19. The molecule has 2 aliphatic rings. The Morgan fingerprint density at radius 2 is 1.52 bits per heavy atom. The van der Waals surface area contributed by atoms with Crippen molar-refractivity contribution in [3.8, 4) is 0 Å². The number of rotatable bonds is 5. The maximum absolute atomic E-state index is 12.5. The van der Waals surface area contributed by atoms with Crippen LogP contribution in [0.5, 0.6) is 0 Å². The number of carbonyl (C=O) groups is 2. The normalized spacial score (nSPS) is 19.6. The summed E-state index contributed by atoms with van der Waals surface area (Å²) < 4.78 is 0. The lowest BCUT2D eigenvalue weighted by Crippen LogP contribution is -2.54. The molecule has 23 heavy (non-hydrogen) atoms. The van der Waals surface area contributed by atoms with Gasteiger partial charge in [-0.1, -0.05) is 13.8 Å². The molecule has 7 heteroatoms. The van der Waals surface area contributed by atoms with E-state index in [4.69, 9.17) is 0 Å². The number of amides is 2. The molecule has 0 aliphatic carbocycles. The summed E-state index contributed by atoms with van der Waals surface area (Å²) >= 11 is 0. The monoisotopic (exact) mass is 346 g/mol. The fourth-order valence-electron chi connectivity index (χ4n) is 3.24. The van der Waals surface area contributed by atoms with Gasteiger partial charge in [-0.15, -0.1) is 12.4 Å². The summed E-state index contributed by atoms with van der Waals surface area (Å²) in [5.41, 5.74) is 0. The Labute approximate surface area is 146 Å². The summed E-state index contributed by atoms with van der Waals surface area (Å²) in [5.74, 6) is 0.661. The van der Waals surface area contributed by atoms with E-state index in [-0.39, 0.29) is 30.1 Å². The number of nitrogens with one attached hydrogen (secondary N) is 1. The zero-order valence-electron chi connectivity index (χ0n) is 14.4. The minimum absolute atomic E-state index is 0. The molecule has 0 atom stereocenters. The van der Waals surface area contributed by atoms with Crippen molar-refractivity contribution in [3.05, 3.63) is 0 Å². The van der Waals surface area contributed by atoms with Crippen LogP contribution in [-0.4, -0.2) is 85.4 Å². The van der Waals surface area contributed by atoms with Gasteiger partial charge >= 0.3 is 0 Å². The molecule has 0 radical (unpaired) electrons. The SMILES string of the molecule is CCN(CC)CC(=O)N1CCN(C(=O)C2CCNCC2)CC1.Cl. The molecule has 2 rings (SSSR count). The van der Waals surface area contributed by atoms with Crippen LogP contribution in [0.2, 0.25) is 0 Å². The number of piperidine rings is 1. The molecule has 0 aromatic heterocycles. The Morgan fingerprint density at radius 3 is 2.04 bits per heavy atom. The lowest BCUT2D eigenvalue weighted by molar-refractivity contribution is -0.143. The largest absolute Gasteiger partial charge is 0.339 e. The summed E-state index contributed by atoms with van der Waals surface area (Å²) in [6, 6.07) is 0. The predicted octanol–water partition coefficient (Wildman–Crippen LogP) is 0.420. The molecule has 2 saturated heterocycles. The fourth-order valence-corrected chi connectivity index (χ4v) is 3.24. The molecule has 134 valence electrons. The van der Waals surface area contributed by atoms with Crippen LogP contribution in [0.3, 0.4) is 0 Å². The first-order valence-corrected chi connectivity index (χ1v) is 8.65. The van der Waals surface area contributed by atoms with Crippen molar-refractivity contribution < 1.29 is 9.59 Å². The number of hydrogen-bond acceptors (Lipinski definition) is 4. The smallest absolute Gasteiger partial charge is 0.236 e. The average molecular weight is 347 g/mol. The quantitative estimate of drug-likeness (QED) is 0.784. The first kappa shape index (κ1) is 20.2. The lowest BCUT2D eigenvalue weighted by Gasteiger charge is -2.37. The number of hydrogen-bond donors (Lipinski definition) is 1. The van der Waals surface area contributed by atoms with Gasteiger partial charge in [0.05, 0.1) is 6.54 Å². The fraction of sp³-hybridized carbons (Fsp3) is 0.875. The maximum atomic E-state index is 12.5. The highest BCUT2D eigenvalue weighted by Gasteiger charge is 2.29. The first-order chi connectivity index (χ1) is 10.7. The van der Waals surface area contributed by atoms with E-state index in [0.717, 1.165) is 39.0 Å². The van der Waals surface area contributed by atoms with Crippen LogP contribution in [0.15, 0.2) is 0 Å². The summed E-state index contributed by atoms with van der Waals surface area (Å²) in [7, 11) is 0. The standard InChI is InChI=1S/C16H30N4O2.ClH/c1-3-18(4-2)13-15(21)19-9-11-20(12-10-19)16(22)14-5-7-17-8-6-14;/h14,17H,3-13H2,1-2H3;1H. The molecule has 0 saturated carbocycles. The Hall–Kier alpha value is -0.850. The van der Waals surface area contributed by atoms with Gasteiger partial charge in [-0.25, -0.2) is 0 Å². The topological polar surface area (TPSA) is 55.9 Å². The van der Waals surface area contributed by atoms with Gasteiger partial charge in [0.2, 0.25) is 11.8 Å². The van der Waals surface area contributed by atoms with E-state index >= 15 is 0 Å². The van der Waals surface area contributed by atoms with Crippen LogP contribution >= 0.6 is 12.4 Å². The Bertz CT molecular complexity index is 376. The van der Waals surface area contributed by atoms with E-state index < -0.39 is 0 Å². The van der Waals surface area contributed by atoms with Gasteiger partial charge in [-0.2, -0.15) is 0 Å². The summed E-state index contributed by atoms with van der Waals surface area (Å²) in [4.78, 5) is 30.8. The van der Waals surface area contributed by atoms with Gasteiger partial charge in [0.25, 0.3) is 0 Å². The molecule has 2 fully saturated rings. The van der Waals surface area contributed by atoms with E-state index in [2.05, 4.69) is 24.1 Å². The Kier molecular flexibility index (Phi) is 8.87. The third-order valence-corrected chi connectivity index (χ3v) is 4.89. The highest BCUT2D eigenvalue weighted by atomic mass is 35.5. The maximum Gasteiger partial charge on any atom is 0.236 e. The molecule has 6 nitrogen and oxygen atoms in total. The van der Waals surface area contributed by atoms with E-state index in [9.17, 15) is 9.59 Å². The van der Waals surface area contributed by atoms with E-state index in [0.29, 0.717) is 32.7 Å². The Morgan fingerprint density at radius 1 is 1.00 bits per heavy atom. The minimum atomic E-state index is 0. The summed E-state index contributed by atoms with van der Waals surface area (Å²) in [6.45, 7) is 11.1. The molecular formula is C16H31ClN4O2. The van der Waals surface area contributed by atoms with E-state index in [1.165, 1.54) is 0 Å². The molecule has 2 aliphatic heterocycles. The van der Waals surface area contributed by atoms with Gasteiger partial charge in [-0.3, -0.25) is 14.5 Å². The molecule has 0 bridgehead atoms. The highest BCUT2D eigenvalue weighted by Crippen LogP contribution is 2.16. The average Bonchev–Trinajstić information content (AvgIpc) is 2.59. The minimum Gasteiger partial charge on any atom is -0.339 e. The van der Waals surface area contributed by atoms with Gasteiger partial charge in [0.15, 0.2) is 0 Å².